The highest BCUT2D eigenvalue weighted by Crippen LogP contribution is 2.42. The molecule has 1 aliphatic carbocycles. The molecule has 5 heterocycles. The summed E-state index contributed by atoms with van der Waals surface area (Å²) in [4.78, 5) is 33.2. The summed E-state index contributed by atoms with van der Waals surface area (Å²) >= 11 is 0. The Morgan fingerprint density at radius 1 is 1.28 bits per heavy atom. The van der Waals surface area contributed by atoms with E-state index >= 15 is 0 Å². The van der Waals surface area contributed by atoms with Crippen molar-refractivity contribution in [2.75, 3.05) is 18.1 Å². The lowest BCUT2D eigenvalue weighted by molar-refractivity contribution is 0.0423. The zero-order valence-electron chi connectivity index (χ0n) is 16.3. The van der Waals surface area contributed by atoms with Crippen molar-refractivity contribution >= 4 is 23.3 Å². The fourth-order valence-corrected chi connectivity index (χ4v) is 4.59. The summed E-state index contributed by atoms with van der Waals surface area (Å²) in [7, 11) is 0. The monoisotopic (exact) mass is 393 g/mol. The van der Waals surface area contributed by atoms with Crippen molar-refractivity contribution in [2.24, 2.45) is 0 Å². The van der Waals surface area contributed by atoms with Gasteiger partial charge < -0.3 is 14.5 Å². The van der Waals surface area contributed by atoms with Crippen molar-refractivity contribution in [1.82, 2.24) is 14.5 Å². The van der Waals surface area contributed by atoms with Crippen molar-refractivity contribution in [1.29, 1.82) is 5.41 Å². The van der Waals surface area contributed by atoms with Crippen molar-refractivity contribution < 1.29 is 14.3 Å². The van der Waals surface area contributed by atoms with Gasteiger partial charge in [0.05, 0.1) is 12.1 Å². The van der Waals surface area contributed by atoms with Crippen LogP contribution >= 0.6 is 0 Å². The van der Waals surface area contributed by atoms with E-state index in [4.69, 9.17) is 10.1 Å². The number of anilines is 2. The minimum Gasteiger partial charge on any atom is -0.488 e. The number of carbonyl (C=O) groups is 2. The molecule has 1 N–H and O–H groups in total. The molecule has 1 unspecified atom stereocenters. The van der Waals surface area contributed by atoms with Gasteiger partial charge >= 0.3 is 0 Å². The number of carbonyl (C=O) groups excluding carboxylic acids is 2. The average molecular weight is 393 g/mol. The van der Waals surface area contributed by atoms with Crippen molar-refractivity contribution in [3.05, 3.63) is 41.6 Å². The first-order chi connectivity index (χ1) is 14.1. The fraction of sp³-hybridized carbons (Fsp3) is 0.429. The Balaban J connectivity index is 1.44. The molecule has 8 nitrogen and oxygen atoms in total. The maximum atomic E-state index is 12.9. The topological polar surface area (TPSA) is 91.5 Å². The minimum atomic E-state index is -0.120. The van der Waals surface area contributed by atoms with Crippen LogP contribution in [0.3, 0.4) is 0 Å². The van der Waals surface area contributed by atoms with Crippen LogP contribution in [0.25, 0.3) is 0 Å². The lowest BCUT2D eigenvalue weighted by atomic mass is 10.0. The average Bonchev–Trinajstić information content (AvgIpc) is 3.37. The number of nitrogens with one attached hydrogen (secondary N) is 1. The van der Waals surface area contributed by atoms with E-state index in [0.29, 0.717) is 48.8 Å². The Kier molecular flexibility index (Phi) is 4.15. The molecule has 4 aliphatic rings. The van der Waals surface area contributed by atoms with Crippen LogP contribution in [-0.2, 0) is 0 Å². The zero-order chi connectivity index (χ0) is 20.1. The van der Waals surface area contributed by atoms with Gasteiger partial charge in [0.15, 0.2) is 11.6 Å². The first kappa shape index (κ1) is 17.9. The van der Waals surface area contributed by atoms with Crippen LogP contribution in [-0.4, -0.2) is 51.5 Å². The smallest absolute Gasteiger partial charge is 0.256 e. The van der Waals surface area contributed by atoms with E-state index in [2.05, 4.69) is 4.98 Å². The molecule has 2 atom stereocenters. The Bertz CT molecular complexity index is 1050. The third-order valence-electron chi connectivity index (χ3n) is 6.13. The zero-order valence-corrected chi connectivity index (χ0v) is 16.3. The quantitative estimate of drug-likeness (QED) is 0.864. The van der Waals surface area contributed by atoms with Crippen LogP contribution in [0.5, 0.6) is 5.75 Å². The predicted molar refractivity (Wildman–Crippen MR) is 106 cm³/mol. The first-order valence-corrected chi connectivity index (χ1v) is 10.1. The summed E-state index contributed by atoms with van der Waals surface area (Å²) in [5.74, 6) is 1.11. The number of hydrogen-bond acceptors (Lipinski definition) is 6. The van der Waals surface area contributed by atoms with E-state index in [-0.39, 0.29) is 17.3 Å². The van der Waals surface area contributed by atoms with Gasteiger partial charge in [-0.1, -0.05) is 6.92 Å². The molecule has 1 saturated carbocycles. The standard InChI is InChI=1S/C21H23N5O3/c1-2-19(27)25-6-5-14(11-18(25)22)24-7-8-29-17-9-13(12-23-20(17)24)21(28)26-15-3-4-16(26)10-15/h5-6,9,11-12,15-16,22H,2-4,7-8,10H2,1H3/t15-,16?/m1/s1. The molecule has 2 aromatic heterocycles. The van der Waals surface area contributed by atoms with Crippen LogP contribution in [0, 0.1) is 5.41 Å². The Morgan fingerprint density at radius 3 is 2.76 bits per heavy atom. The van der Waals surface area contributed by atoms with Crippen molar-refractivity contribution in [2.45, 2.75) is 44.7 Å². The molecule has 29 heavy (non-hydrogen) atoms. The van der Waals surface area contributed by atoms with Crippen LogP contribution in [0.15, 0.2) is 30.6 Å². The Hall–Kier alpha value is -3.16. The van der Waals surface area contributed by atoms with Crippen LogP contribution in [0.1, 0.15) is 47.8 Å². The first-order valence-electron chi connectivity index (χ1n) is 10.1. The fourth-order valence-electron chi connectivity index (χ4n) is 4.59. The molecule has 0 spiro atoms. The summed E-state index contributed by atoms with van der Waals surface area (Å²) in [6.07, 6.45) is 6.90. The van der Waals surface area contributed by atoms with Gasteiger partial charge in [-0.05, 0) is 31.4 Å². The van der Waals surface area contributed by atoms with E-state index in [0.717, 1.165) is 24.9 Å². The highest BCUT2D eigenvalue weighted by molar-refractivity contribution is 5.96. The molecule has 2 bridgehead atoms. The number of pyridine rings is 2. The summed E-state index contributed by atoms with van der Waals surface area (Å²) < 4.78 is 7.13. The summed E-state index contributed by atoms with van der Waals surface area (Å²) in [5.41, 5.74) is 1.46. The molecule has 3 aliphatic heterocycles. The van der Waals surface area contributed by atoms with E-state index in [1.165, 1.54) is 4.57 Å². The van der Waals surface area contributed by atoms with E-state index in [1.54, 1.807) is 37.5 Å². The number of nitrogens with zero attached hydrogens (tertiary/aromatic N) is 4. The second kappa shape index (κ2) is 6.72. The number of rotatable bonds is 3. The second-order valence-electron chi connectivity index (χ2n) is 7.77. The SMILES string of the molecule is CCC(=O)n1ccc(N2CCOc3cc(C(=O)N4C5CC[C@@H]4C5)cnc32)cc1=N. The van der Waals surface area contributed by atoms with Crippen LogP contribution < -0.4 is 15.1 Å². The van der Waals surface area contributed by atoms with Gasteiger partial charge in [-0.3, -0.25) is 19.6 Å². The van der Waals surface area contributed by atoms with Gasteiger partial charge in [-0.15, -0.1) is 0 Å². The third-order valence-corrected chi connectivity index (χ3v) is 6.13. The minimum absolute atomic E-state index is 0.0343. The summed E-state index contributed by atoms with van der Waals surface area (Å²) in [5, 5.41) is 8.17. The summed E-state index contributed by atoms with van der Waals surface area (Å²) in [6, 6.07) is 6.01. The van der Waals surface area contributed by atoms with E-state index in [1.807, 2.05) is 9.80 Å². The lowest BCUT2D eigenvalue weighted by Crippen LogP contribution is -2.51. The van der Waals surface area contributed by atoms with E-state index < -0.39 is 0 Å². The maximum absolute atomic E-state index is 12.9. The number of fused-ring (bicyclic) bond motifs is 2. The molecule has 3 fully saturated rings. The molecule has 150 valence electrons. The van der Waals surface area contributed by atoms with Gasteiger partial charge in [0.1, 0.15) is 12.1 Å². The number of ether oxygens (including phenoxy) is 1. The Morgan fingerprint density at radius 2 is 2.07 bits per heavy atom. The van der Waals surface area contributed by atoms with Crippen LogP contribution in [0.2, 0.25) is 0 Å². The highest BCUT2D eigenvalue weighted by Gasteiger charge is 2.47. The maximum Gasteiger partial charge on any atom is 0.256 e. The molecule has 1 amide bonds. The second-order valence-corrected chi connectivity index (χ2v) is 7.77. The largest absolute Gasteiger partial charge is 0.488 e. The number of amides is 1. The number of aromatic nitrogens is 2. The third kappa shape index (κ3) is 2.82. The highest BCUT2D eigenvalue weighted by atomic mass is 16.5. The predicted octanol–water partition coefficient (Wildman–Crippen LogP) is 2.32. The van der Waals surface area contributed by atoms with E-state index in [9.17, 15) is 9.59 Å². The molecule has 2 aromatic rings. The van der Waals surface area contributed by atoms with Crippen molar-refractivity contribution in [3.63, 3.8) is 0 Å². The number of hydrogen-bond donors (Lipinski definition) is 1. The molecule has 8 heteroatoms. The van der Waals surface area contributed by atoms with Gasteiger partial charge in [0.2, 0.25) is 5.91 Å². The molecule has 0 radical (unpaired) electrons. The lowest BCUT2D eigenvalue weighted by Gasteiger charge is -2.40. The molecular weight excluding hydrogens is 370 g/mol. The Labute approximate surface area is 168 Å². The van der Waals surface area contributed by atoms with Gasteiger partial charge in [-0.25, -0.2) is 4.98 Å². The normalized spacial score (nSPS) is 22.0. The molecular formula is C21H23N5O3. The van der Waals surface area contributed by atoms with Gasteiger partial charge in [0.25, 0.3) is 5.91 Å². The molecule has 0 aromatic carbocycles. The molecule has 2 saturated heterocycles. The molecule has 6 rings (SSSR count). The van der Waals surface area contributed by atoms with Gasteiger partial charge in [-0.2, -0.15) is 0 Å². The summed E-state index contributed by atoms with van der Waals surface area (Å²) in [6.45, 7) is 2.81. The van der Waals surface area contributed by atoms with Crippen LogP contribution in [0.4, 0.5) is 11.5 Å². The van der Waals surface area contributed by atoms with Gasteiger partial charge in [0, 0.05) is 42.7 Å². The van der Waals surface area contributed by atoms with Crippen molar-refractivity contribution in [3.8, 4) is 5.75 Å².